The van der Waals surface area contributed by atoms with E-state index in [0.717, 1.165) is 13.0 Å². The topological polar surface area (TPSA) is 20.3 Å². The van der Waals surface area contributed by atoms with Crippen LogP contribution in [0.25, 0.3) is 0 Å². The Kier molecular flexibility index (Phi) is 3.55. The van der Waals surface area contributed by atoms with Crippen LogP contribution in [0.15, 0.2) is 0 Å². The van der Waals surface area contributed by atoms with Gasteiger partial charge in [0.2, 0.25) is 5.91 Å². The van der Waals surface area contributed by atoms with Crippen LogP contribution in [0, 0.1) is 0 Å². The van der Waals surface area contributed by atoms with Gasteiger partial charge in [0.05, 0.1) is 0 Å². The summed E-state index contributed by atoms with van der Waals surface area (Å²) in [5.41, 5.74) is 0. The second-order valence-electron chi connectivity index (χ2n) is 1.58. The number of nitrogens with zero attached hydrogens (tertiary/aromatic N) is 1. The van der Waals surface area contributed by atoms with E-state index in [9.17, 15) is 4.79 Å². The van der Waals surface area contributed by atoms with E-state index >= 15 is 0 Å². The largest absolute Gasteiger partial charge is 0.274 e. The Bertz CT molecular complexity index is 98.0. The molecule has 0 unspecified atom stereocenters. The fraction of sp³-hybridized carbons (Fsp3) is 0.750. The molecular formula is C4H6ClLiNO. The summed E-state index contributed by atoms with van der Waals surface area (Å²) in [7, 11) is 0. The standard InChI is InChI=1S/C4H6ClNO.Li/c5-6-3-1-2-4(6)7;/h1-3H2;. The maximum Gasteiger partial charge on any atom is 0.236 e. The molecule has 0 aliphatic carbocycles. The summed E-state index contributed by atoms with van der Waals surface area (Å²) in [5, 5.41) is 0. The van der Waals surface area contributed by atoms with Crippen LogP contribution in [0.5, 0.6) is 0 Å². The fourth-order valence-electron chi connectivity index (χ4n) is 0.615. The third kappa shape index (κ3) is 1.70. The van der Waals surface area contributed by atoms with Gasteiger partial charge in [-0.25, -0.2) is 0 Å². The van der Waals surface area contributed by atoms with Crippen molar-refractivity contribution in [2.24, 2.45) is 0 Å². The van der Waals surface area contributed by atoms with Crippen molar-refractivity contribution in [3.05, 3.63) is 0 Å². The van der Waals surface area contributed by atoms with E-state index in [1.165, 1.54) is 4.42 Å². The van der Waals surface area contributed by atoms with Gasteiger partial charge in [-0.1, -0.05) is 0 Å². The average molecular weight is 126 g/mol. The molecule has 2 nitrogen and oxygen atoms in total. The van der Waals surface area contributed by atoms with Crippen LogP contribution < -0.4 is 0 Å². The van der Waals surface area contributed by atoms with Crippen LogP contribution >= 0.6 is 11.8 Å². The number of halogens is 1. The molecule has 1 aliphatic rings. The summed E-state index contributed by atoms with van der Waals surface area (Å²) in [6.07, 6.45) is 1.55. The van der Waals surface area contributed by atoms with Gasteiger partial charge in [0.15, 0.2) is 0 Å². The number of carbonyl (C=O) groups excluding carboxylic acids is 1. The first kappa shape index (κ1) is 8.36. The van der Waals surface area contributed by atoms with Gasteiger partial charge in [-0.3, -0.25) is 9.21 Å². The van der Waals surface area contributed by atoms with Crippen molar-refractivity contribution < 1.29 is 4.79 Å². The number of carbonyl (C=O) groups is 1. The number of rotatable bonds is 0. The molecule has 0 aromatic carbocycles. The molecule has 1 amide bonds. The summed E-state index contributed by atoms with van der Waals surface area (Å²) in [5.74, 6) is 0.0571. The van der Waals surface area contributed by atoms with Crippen molar-refractivity contribution >= 4 is 36.5 Å². The van der Waals surface area contributed by atoms with Gasteiger partial charge >= 0.3 is 0 Å². The molecule has 0 N–H and O–H groups in total. The molecule has 1 fully saturated rings. The van der Waals surface area contributed by atoms with Crippen LogP contribution in [0.1, 0.15) is 12.8 Å². The van der Waals surface area contributed by atoms with Crippen molar-refractivity contribution in [1.82, 2.24) is 4.42 Å². The number of hydrogen-bond acceptors (Lipinski definition) is 1. The predicted molar refractivity (Wildman–Crippen MR) is 32.6 cm³/mol. The summed E-state index contributed by atoms with van der Waals surface area (Å²) >= 11 is 5.35. The first-order valence-electron chi connectivity index (χ1n) is 2.27. The Morgan fingerprint density at radius 3 is 2.38 bits per heavy atom. The van der Waals surface area contributed by atoms with E-state index < -0.39 is 0 Å². The molecule has 0 aromatic rings. The van der Waals surface area contributed by atoms with E-state index in [0.29, 0.717) is 6.42 Å². The van der Waals surface area contributed by atoms with Gasteiger partial charge in [-0.2, -0.15) is 0 Å². The molecule has 1 radical (unpaired) electrons. The van der Waals surface area contributed by atoms with Crippen molar-refractivity contribution in [3.8, 4) is 0 Å². The predicted octanol–water partition coefficient (Wildman–Crippen LogP) is 0.382. The Hall–Kier alpha value is 0.357. The average Bonchev–Trinajstić information content (AvgIpc) is 1.91. The summed E-state index contributed by atoms with van der Waals surface area (Å²) in [6, 6.07) is 0. The SMILES string of the molecule is O=C1CCCN1Cl.[Li]. The van der Waals surface area contributed by atoms with Gasteiger partial charge in [0.25, 0.3) is 0 Å². The first-order valence-corrected chi connectivity index (χ1v) is 2.60. The van der Waals surface area contributed by atoms with E-state index in [1.54, 1.807) is 0 Å². The van der Waals surface area contributed by atoms with E-state index in [1.807, 2.05) is 0 Å². The maximum atomic E-state index is 10.4. The fourth-order valence-corrected chi connectivity index (χ4v) is 0.819. The third-order valence-corrected chi connectivity index (χ3v) is 1.37. The monoisotopic (exact) mass is 126 g/mol. The zero-order chi connectivity index (χ0) is 5.28. The molecule has 41 valence electrons. The summed E-state index contributed by atoms with van der Waals surface area (Å²) in [6.45, 7) is 0.723. The Morgan fingerprint density at radius 2 is 2.25 bits per heavy atom. The molecular weight excluding hydrogens is 120 g/mol. The molecule has 0 spiro atoms. The molecule has 0 aromatic heterocycles. The van der Waals surface area contributed by atoms with Gasteiger partial charge in [-0.15, -0.1) is 0 Å². The molecule has 1 aliphatic heterocycles. The van der Waals surface area contributed by atoms with Crippen LogP contribution in [0.2, 0.25) is 0 Å². The van der Waals surface area contributed by atoms with Crippen molar-refractivity contribution in [3.63, 3.8) is 0 Å². The van der Waals surface area contributed by atoms with Crippen molar-refractivity contribution in [1.29, 1.82) is 0 Å². The number of amides is 1. The Balaban J connectivity index is 0.000000490. The molecule has 0 atom stereocenters. The maximum absolute atomic E-state index is 10.4. The quantitative estimate of drug-likeness (QED) is 0.340. The van der Waals surface area contributed by atoms with Crippen LogP contribution in [0.3, 0.4) is 0 Å². The minimum Gasteiger partial charge on any atom is -0.274 e. The summed E-state index contributed by atoms with van der Waals surface area (Å²) in [4.78, 5) is 10.4. The molecule has 0 bridgehead atoms. The molecule has 0 saturated carbocycles. The van der Waals surface area contributed by atoms with Crippen molar-refractivity contribution in [2.45, 2.75) is 12.8 Å². The van der Waals surface area contributed by atoms with Gasteiger partial charge in [-0.05, 0) is 6.42 Å². The Morgan fingerprint density at radius 1 is 1.62 bits per heavy atom. The third-order valence-electron chi connectivity index (χ3n) is 1.02. The normalized spacial score (nSPS) is 18.6. The summed E-state index contributed by atoms with van der Waals surface area (Å²) < 4.78 is 1.24. The first-order chi connectivity index (χ1) is 3.30. The van der Waals surface area contributed by atoms with E-state index in [4.69, 9.17) is 11.8 Å². The second-order valence-corrected chi connectivity index (χ2v) is 1.99. The smallest absolute Gasteiger partial charge is 0.236 e. The zero-order valence-electron chi connectivity index (χ0n) is 4.85. The minimum atomic E-state index is 0. The van der Waals surface area contributed by atoms with Crippen LogP contribution in [0.4, 0.5) is 0 Å². The zero-order valence-corrected chi connectivity index (χ0v) is 5.61. The van der Waals surface area contributed by atoms with E-state index in [-0.39, 0.29) is 24.8 Å². The van der Waals surface area contributed by atoms with Crippen molar-refractivity contribution in [2.75, 3.05) is 6.54 Å². The van der Waals surface area contributed by atoms with E-state index in [2.05, 4.69) is 0 Å². The molecule has 1 heterocycles. The number of hydrogen-bond donors (Lipinski definition) is 0. The van der Waals surface area contributed by atoms with Crippen LogP contribution in [-0.2, 0) is 4.79 Å². The van der Waals surface area contributed by atoms with Crippen LogP contribution in [-0.4, -0.2) is 35.7 Å². The van der Waals surface area contributed by atoms with Gasteiger partial charge in [0.1, 0.15) is 0 Å². The van der Waals surface area contributed by atoms with Gasteiger partial charge in [0, 0.05) is 43.6 Å². The van der Waals surface area contributed by atoms with Gasteiger partial charge < -0.3 is 0 Å². The minimum absolute atomic E-state index is 0. The second kappa shape index (κ2) is 3.40. The molecule has 4 heteroatoms. The Labute approximate surface area is 65.5 Å². The molecule has 8 heavy (non-hydrogen) atoms. The molecule has 1 saturated heterocycles. The molecule has 1 rings (SSSR count).